The van der Waals surface area contributed by atoms with Gasteiger partial charge in [-0.05, 0) is 41.0 Å². The molecule has 2 aromatic heterocycles. The Morgan fingerprint density at radius 1 is 1.11 bits per heavy atom. The van der Waals surface area contributed by atoms with E-state index < -0.39 is 0 Å². The summed E-state index contributed by atoms with van der Waals surface area (Å²) in [5.41, 5.74) is 6.28. The fourth-order valence-electron chi connectivity index (χ4n) is 4.74. The molecule has 1 aliphatic carbocycles. The van der Waals surface area contributed by atoms with Crippen molar-refractivity contribution in [3.63, 3.8) is 0 Å². The molecule has 1 amide bonds. The largest absolute Gasteiger partial charge is 0.475 e. The minimum Gasteiger partial charge on any atom is -0.475 e. The Labute approximate surface area is 213 Å². The second-order valence-corrected chi connectivity index (χ2v) is 9.56. The lowest BCUT2D eigenvalue weighted by atomic mass is 10.0. The first kappa shape index (κ1) is 22.8. The Morgan fingerprint density at radius 3 is 2.50 bits per heavy atom. The fraction of sp³-hybridized carbons (Fsp3) is 0.259. The summed E-state index contributed by atoms with van der Waals surface area (Å²) >= 11 is 1.45. The number of rotatable bonds is 5. The fourth-order valence-corrected chi connectivity index (χ4v) is 5.08. The molecule has 1 saturated heterocycles. The molecule has 2 aromatic carbocycles. The molecule has 3 heterocycles. The molecule has 0 radical (unpaired) electrons. The third-order valence-corrected chi connectivity index (χ3v) is 6.97. The lowest BCUT2D eigenvalue weighted by Crippen LogP contribution is -2.47. The summed E-state index contributed by atoms with van der Waals surface area (Å²) in [6.45, 7) is 3.64. The van der Waals surface area contributed by atoms with Gasteiger partial charge in [0.15, 0.2) is 0 Å². The quantitative estimate of drug-likeness (QED) is 0.268. The summed E-state index contributed by atoms with van der Waals surface area (Å²) in [6, 6.07) is 18.3. The Bertz CT molecular complexity index is 1450. The standard InChI is InChI=1S/C27H25N5O3S/c1-17-13-25(32-26(28-17)29-27(30-32)36-2)35-16-18-15-31(11-12-34-18)24(33)14-23-21-9-5-3-7-19(21)20-8-4-6-10-22(20)23/h3-10,13-14,18H,11-12,15-16H2,1-2H3. The maximum atomic E-state index is 13.4. The highest BCUT2D eigenvalue weighted by molar-refractivity contribution is 7.98. The predicted molar refractivity (Wildman–Crippen MR) is 138 cm³/mol. The van der Waals surface area contributed by atoms with Crippen molar-refractivity contribution in [1.29, 1.82) is 0 Å². The molecule has 0 saturated carbocycles. The van der Waals surface area contributed by atoms with Crippen molar-refractivity contribution in [2.45, 2.75) is 18.2 Å². The first-order valence-corrected chi connectivity index (χ1v) is 13.1. The summed E-state index contributed by atoms with van der Waals surface area (Å²) in [5.74, 6) is 1.03. The van der Waals surface area contributed by atoms with Gasteiger partial charge in [0.05, 0.1) is 13.2 Å². The Kier molecular flexibility index (Phi) is 5.94. The number of ether oxygens (including phenoxy) is 2. The minimum absolute atomic E-state index is 0.0205. The first-order chi connectivity index (χ1) is 17.6. The van der Waals surface area contributed by atoms with Gasteiger partial charge < -0.3 is 14.4 Å². The minimum atomic E-state index is -0.253. The highest BCUT2D eigenvalue weighted by atomic mass is 32.2. The molecule has 1 fully saturated rings. The Hall–Kier alpha value is -3.69. The number of carbonyl (C=O) groups excluding carboxylic acids is 1. The van der Waals surface area contributed by atoms with E-state index in [1.807, 2.05) is 48.4 Å². The van der Waals surface area contributed by atoms with E-state index in [4.69, 9.17) is 9.47 Å². The van der Waals surface area contributed by atoms with Crippen LogP contribution in [-0.4, -0.2) is 69.1 Å². The summed E-state index contributed by atoms with van der Waals surface area (Å²) < 4.78 is 13.6. The molecule has 6 rings (SSSR count). The summed E-state index contributed by atoms with van der Waals surface area (Å²) in [4.78, 5) is 24.0. The first-order valence-electron chi connectivity index (χ1n) is 11.8. The molecule has 1 atom stereocenters. The van der Waals surface area contributed by atoms with Crippen LogP contribution in [0.4, 0.5) is 0 Å². The number of aromatic nitrogens is 4. The van der Waals surface area contributed by atoms with Crippen LogP contribution >= 0.6 is 11.8 Å². The molecule has 1 unspecified atom stereocenters. The average Bonchev–Trinajstić information content (AvgIpc) is 3.47. The van der Waals surface area contributed by atoms with E-state index in [0.29, 0.717) is 43.1 Å². The number of hydrogen-bond acceptors (Lipinski definition) is 7. The van der Waals surface area contributed by atoms with Gasteiger partial charge in [-0.2, -0.15) is 9.50 Å². The number of morpholine rings is 1. The number of fused-ring (bicyclic) bond motifs is 4. The van der Waals surface area contributed by atoms with E-state index >= 15 is 0 Å². The van der Waals surface area contributed by atoms with E-state index in [1.54, 1.807) is 10.6 Å². The molecule has 0 spiro atoms. The van der Waals surface area contributed by atoms with Crippen LogP contribution in [0.2, 0.25) is 0 Å². The number of benzene rings is 2. The predicted octanol–water partition coefficient (Wildman–Crippen LogP) is 3.87. The maximum absolute atomic E-state index is 13.4. The zero-order valence-corrected chi connectivity index (χ0v) is 20.9. The highest BCUT2D eigenvalue weighted by Crippen LogP contribution is 2.43. The van der Waals surface area contributed by atoms with Crippen LogP contribution in [0.5, 0.6) is 5.88 Å². The van der Waals surface area contributed by atoms with E-state index in [-0.39, 0.29) is 12.0 Å². The number of thioether (sulfide) groups is 1. The summed E-state index contributed by atoms with van der Waals surface area (Å²) in [6.07, 6.45) is 3.43. The summed E-state index contributed by atoms with van der Waals surface area (Å²) in [5, 5.41) is 5.07. The van der Waals surface area contributed by atoms with Crippen LogP contribution in [0.3, 0.4) is 0 Å². The van der Waals surface area contributed by atoms with Crippen molar-refractivity contribution in [2.24, 2.45) is 0 Å². The van der Waals surface area contributed by atoms with Crippen molar-refractivity contribution in [1.82, 2.24) is 24.5 Å². The normalized spacial score (nSPS) is 16.7. The van der Waals surface area contributed by atoms with E-state index in [2.05, 4.69) is 39.3 Å². The molecular formula is C27H25N5O3S. The van der Waals surface area contributed by atoms with Gasteiger partial charge in [0.2, 0.25) is 16.9 Å². The van der Waals surface area contributed by atoms with Gasteiger partial charge >= 0.3 is 0 Å². The molecule has 1 aliphatic heterocycles. The topological polar surface area (TPSA) is 81.9 Å². The lowest BCUT2D eigenvalue weighted by molar-refractivity contribution is -0.134. The van der Waals surface area contributed by atoms with E-state index in [9.17, 15) is 4.79 Å². The van der Waals surface area contributed by atoms with Crippen molar-refractivity contribution < 1.29 is 14.3 Å². The molecule has 9 heteroatoms. The van der Waals surface area contributed by atoms with Gasteiger partial charge in [-0.25, -0.2) is 4.98 Å². The molecule has 8 nitrogen and oxygen atoms in total. The molecular weight excluding hydrogens is 474 g/mol. The van der Waals surface area contributed by atoms with Crippen molar-refractivity contribution in [3.05, 3.63) is 77.5 Å². The monoisotopic (exact) mass is 499 g/mol. The maximum Gasteiger partial charge on any atom is 0.256 e. The van der Waals surface area contributed by atoms with Crippen LogP contribution in [-0.2, 0) is 9.53 Å². The smallest absolute Gasteiger partial charge is 0.256 e. The second-order valence-electron chi connectivity index (χ2n) is 8.78. The van der Waals surface area contributed by atoms with Crippen LogP contribution in [0.25, 0.3) is 22.5 Å². The zero-order chi connectivity index (χ0) is 24.6. The van der Waals surface area contributed by atoms with Crippen LogP contribution < -0.4 is 4.74 Å². The average molecular weight is 500 g/mol. The van der Waals surface area contributed by atoms with E-state index in [0.717, 1.165) is 33.5 Å². The van der Waals surface area contributed by atoms with Gasteiger partial charge in [0, 0.05) is 24.4 Å². The van der Waals surface area contributed by atoms with Crippen LogP contribution in [0, 0.1) is 6.92 Å². The van der Waals surface area contributed by atoms with Gasteiger partial charge in [-0.1, -0.05) is 60.3 Å². The number of nitrogens with zero attached hydrogens (tertiary/aromatic N) is 5. The second kappa shape index (κ2) is 9.40. The molecule has 36 heavy (non-hydrogen) atoms. The van der Waals surface area contributed by atoms with Crippen LogP contribution in [0.15, 0.2) is 65.8 Å². The molecule has 182 valence electrons. The van der Waals surface area contributed by atoms with Gasteiger partial charge in [0.1, 0.15) is 12.7 Å². The molecule has 0 N–H and O–H groups in total. The van der Waals surface area contributed by atoms with Gasteiger partial charge in [-0.15, -0.1) is 5.10 Å². The zero-order valence-electron chi connectivity index (χ0n) is 20.0. The Morgan fingerprint density at radius 2 is 1.81 bits per heavy atom. The number of aryl methyl sites for hydroxylation is 1. The third-order valence-electron chi connectivity index (χ3n) is 6.43. The van der Waals surface area contributed by atoms with Crippen molar-refractivity contribution in [3.8, 4) is 17.0 Å². The lowest BCUT2D eigenvalue weighted by Gasteiger charge is -2.32. The third kappa shape index (κ3) is 4.14. The molecule has 0 bridgehead atoms. The Balaban J connectivity index is 1.19. The van der Waals surface area contributed by atoms with Gasteiger partial charge in [-0.3, -0.25) is 4.79 Å². The van der Waals surface area contributed by atoms with Gasteiger partial charge in [0.25, 0.3) is 5.78 Å². The summed E-state index contributed by atoms with van der Waals surface area (Å²) in [7, 11) is 0. The highest BCUT2D eigenvalue weighted by Gasteiger charge is 2.27. The molecule has 4 aromatic rings. The molecule has 2 aliphatic rings. The number of hydrogen-bond donors (Lipinski definition) is 0. The SMILES string of the molecule is CSc1nc2nc(C)cc(OCC3CN(C(=O)C=C4c5ccccc5-c5ccccc54)CCO3)n2n1. The number of carbonyl (C=O) groups is 1. The van der Waals surface area contributed by atoms with Crippen molar-refractivity contribution in [2.75, 3.05) is 32.6 Å². The van der Waals surface area contributed by atoms with Crippen LogP contribution in [0.1, 0.15) is 16.8 Å². The van der Waals surface area contributed by atoms with E-state index in [1.165, 1.54) is 11.8 Å². The number of amides is 1. The van der Waals surface area contributed by atoms with Crippen molar-refractivity contribution >= 4 is 29.0 Å².